The lowest BCUT2D eigenvalue weighted by Gasteiger charge is -2.36. The maximum absolute atomic E-state index is 12.2. The van der Waals surface area contributed by atoms with E-state index in [1.807, 2.05) is 11.8 Å². The summed E-state index contributed by atoms with van der Waals surface area (Å²) in [6.45, 7) is 5.04. The number of aryl methyl sites for hydroxylation is 1. The van der Waals surface area contributed by atoms with Gasteiger partial charge in [-0.15, -0.1) is 0 Å². The zero-order valence-electron chi connectivity index (χ0n) is 10.6. The summed E-state index contributed by atoms with van der Waals surface area (Å²) in [5, 5.41) is 6.96. The van der Waals surface area contributed by atoms with Gasteiger partial charge in [0.05, 0.1) is 11.8 Å². The second-order valence-corrected chi connectivity index (χ2v) is 5.16. The van der Waals surface area contributed by atoms with Crippen molar-refractivity contribution in [3.8, 4) is 0 Å². The second-order valence-electron chi connectivity index (χ2n) is 5.16. The first-order valence-electron chi connectivity index (χ1n) is 6.54. The van der Waals surface area contributed by atoms with Gasteiger partial charge in [-0.2, -0.15) is 4.98 Å². The van der Waals surface area contributed by atoms with Crippen molar-refractivity contribution < 1.29 is 9.32 Å². The highest BCUT2D eigenvalue weighted by Crippen LogP contribution is 2.26. The van der Waals surface area contributed by atoms with Gasteiger partial charge >= 0.3 is 0 Å². The van der Waals surface area contributed by atoms with E-state index in [9.17, 15) is 4.79 Å². The minimum Gasteiger partial charge on any atom is -0.342 e. The molecule has 2 aliphatic rings. The Labute approximate surface area is 106 Å². The summed E-state index contributed by atoms with van der Waals surface area (Å²) in [4.78, 5) is 18.4. The van der Waals surface area contributed by atoms with Crippen molar-refractivity contribution in [2.45, 2.75) is 25.7 Å². The lowest BCUT2D eigenvalue weighted by molar-refractivity contribution is -0.138. The molecular formula is C12H18N4O2. The van der Waals surface area contributed by atoms with Crippen molar-refractivity contribution in [3.63, 3.8) is 0 Å². The molecule has 1 unspecified atom stereocenters. The van der Waals surface area contributed by atoms with E-state index in [0.29, 0.717) is 11.7 Å². The molecule has 0 aliphatic carbocycles. The van der Waals surface area contributed by atoms with Gasteiger partial charge in [0.1, 0.15) is 0 Å². The third-order valence-electron chi connectivity index (χ3n) is 3.76. The summed E-state index contributed by atoms with van der Waals surface area (Å²) in [6, 6.07) is 0. The van der Waals surface area contributed by atoms with Crippen LogP contribution in [-0.2, 0) is 4.79 Å². The van der Waals surface area contributed by atoms with E-state index in [1.54, 1.807) is 0 Å². The lowest BCUT2D eigenvalue weighted by atomic mass is 9.95. The number of hydrogen-bond donors (Lipinski definition) is 1. The van der Waals surface area contributed by atoms with Crippen LogP contribution >= 0.6 is 0 Å². The Morgan fingerprint density at radius 1 is 1.50 bits per heavy atom. The summed E-state index contributed by atoms with van der Waals surface area (Å²) in [5.74, 6) is 1.99. The third kappa shape index (κ3) is 2.12. The highest BCUT2D eigenvalue weighted by atomic mass is 16.5. The summed E-state index contributed by atoms with van der Waals surface area (Å²) >= 11 is 0. The molecule has 3 rings (SSSR count). The van der Waals surface area contributed by atoms with Crippen molar-refractivity contribution in [2.24, 2.45) is 5.92 Å². The molecule has 1 atom stereocenters. The molecule has 0 aromatic carbocycles. The number of nitrogens with one attached hydrogen (secondary N) is 1. The van der Waals surface area contributed by atoms with Crippen LogP contribution in [0.3, 0.4) is 0 Å². The smallest absolute Gasteiger partial charge is 0.231 e. The molecule has 3 heterocycles. The fourth-order valence-corrected chi connectivity index (χ4v) is 2.58. The molecule has 6 heteroatoms. The molecule has 1 aromatic heterocycles. The van der Waals surface area contributed by atoms with Gasteiger partial charge in [0.2, 0.25) is 11.8 Å². The molecule has 18 heavy (non-hydrogen) atoms. The van der Waals surface area contributed by atoms with Crippen LogP contribution in [0.2, 0.25) is 0 Å². The molecule has 0 spiro atoms. The Balaban J connectivity index is 1.66. The minimum atomic E-state index is 0.174. The van der Waals surface area contributed by atoms with Crippen LogP contribution in [0.15, 0.2) is 4.52 Å². The molecule has 98 valence electrons. The Hall–Kier alpha value is -1.43. The Morgan fingerprint density at radius 2 is 2.33 bits per heavy atom. The zero-order valence-corrected chi connectivity index (χ0v) is 10.6. The van der Waals surface area contributed by atoms with Crippen molar-refractivity contribution >= 4 is 5.91 Å². The van der Waals surface area contributed by atoms with E-state index >= 15 is 0 Å². The number of carbonyl (C=O) groups is 1. The topological polar surface area (TPSA) is 71.3 Å². The van der Waals surface area contributed by atoms with Crippen molar-refractivity contribution in [3.05, 3.63) is 11.7 Å². The summed E-state index contributed by atoms with van der Waals surface area (Å²) in [7, 11) is 0. The average molecular weight is 250 g/mol. The Kier molecular flexibility index (Phi) is 3.03. The zero-order chi connectivity index (χ0) is 12.5. The first-order valence-corrected chi connectivity index (χ1v) is 6.54. The van der Waals surface area contributed by atoms with Crippen LogP contribution in [0.5, 0.6) is 0 Å². The van der Waals surface area contributed by atoms with Crippen LogP contribution in [0, 0.1) is 12.8 Å². The van der Waals surface area contributed by atoms with Crippen molar-refractivity contribution in [1.82, 2.24) is 20.4 Å². The Morgan fingerprint density at radius 3 is 2.94 bits per heavy atom. The predicted octanol–water partition coefficient (Wildman–Crippen LogP) is 0.303. The number of amides is 1. The van der Waals surface area contributed by atoms with E-state index in [0.717, 1.165) is 39.0 Å². The summed E-state index contributed by atoms with van der Waals surface area (Å²) < 4.78 is 5.22. The first-order chi connectivity index (χ1) is 8.74. The van der Waals surface area contributed by atoms with Crippen molar-refractivity contribution in [2.75, 3.05) is 26.2 Å². The van der Waals surface area contributed by atoms with Crippen LogP contribution < -0.4 is 5.32 Å². The van der Waals surface area contributed by atoms with E-state index in [-0.39, 0.29) is 17.7 Å². The second kappa shape index (κ2) is 4.68. The number of carbonyl (C=O) groups excluding carboxylic acids is 1. The monoisotopic (exact) mass is 250 g/mol. The minimum absolute atomic E-state index is 0.174. The normalized spacial score (nSPS) is 24.9. The number of rotatable bonds is 2. The summed E-state index contributed by atoms with van der Waals surface area (Å²) in [6.07, 6.45) is 2.03. The quantitative estimate of drug-likeness (QED) is 0.817. The molecule has 2 fully saturated rings. The molecule has 0 radical (unpaired) electrons. The van der Waals surface area contributed by atoms with Gasteiger partial charge in [-0.3, -0.25) is 4.79 Å². The average Bonchev–Trinajstić information content (AvgIpc) is 2.74. The highest BCUT2D eigenvalue weighted by molar-refractivity contribution is 5.80. The maximum Gasteiger partial charge on any atom is 0.231 e. The first kappa shape index (κ1) is 11.6. The standard InChI is InChI=1S/C12H18N4O2/c1-8-14-11(18-15-8)9-3-2-4-16(7-9)12(17)10-5-13-6-10/h9-10,13H,2-7H2,1H3. The van der Waals surface area contributed by atoms with Crippen LogP contribution in [-0.4, -0.2) is 47.1 Å². The Bertz CT molecular complexity index is 441. The molecule has 2 aliphatic heterocycles. The fraction of sp³-hybridized carbons (Fsp3) is 0.750. The molecule has 0 bridgehead atoms. The van der Waals surface area contributed by atoms with Crippen LogP contribution in [0.1, 0.15) is 30.5 Å². The van der Waals surface area contributed by atoms with Gasteiger partial charge in [0.15, 0.2) is 5.82 Å². The molecule has 2 saturated heterocycles. The maximum atomic E-state index is 12.2. The molecular weight excluding hydrogens is 232 g/mol. The third-order valence-corrected chi connectivity index (χ3v) is 3.76. The van der Waals surface area contributed by atoms with Gasteiger partial charge in [-0.1, -0.05) is 5.16 Å². The van der Waals surface area contributed by atoms with Gasteiger partial charge < -0.3 is 14.7 Å². The van der Waals surface area contributed by atoms with E-state index < -0.39 is 0 Å². The summed E-state index contributed by atoms with van der Waals surface area (Å²) in [5.41, 5.74) is 0. The van der Waals surface area contributed by atoms with E-state index in [1.165, 1.54) is 0 Å². The number of aromatic nitrogens is 2. The van der Waals surface area contributed by atoms with Crippen LogP contribution in [0.25, 0.3) is 0 Å². The lowest BCUT2D eigenvalue weighted by Crippen LogP contribution is -2.53. The fourth-order valence-electron chi connectivity index (χ4n) is 2.58. The van der Waals surface area contributed by atoms with E-state index in [2.05, 4.69) is 15.5 Å². The van der Waals surface area contributed by atoms with Gasteiger partial charge in [-0.05, 0) is 19.8 Å². The van der Waals surface area contributed by atoms with Gasteiger partial charge in [-0.25, -0.2) is 0 Å². The van der Waals surface area contributed by atoms with Gasteiger partial charge in [0, 0.05) is 26.2 Å². The highest BCUT2D eigenvalue weighted by Gasteiger charge is 2.33. The number of nitrogens with zero attached hydrogens (tertiary/aromatic N) is 3. The predicted molar refractivity (Wildman–Crippen MR) is 63.9 cm³/mol. The largest absolute Gasteiger partial charge is 0.342 e. The molecule has 1 amide bonds. The number of piperidine rings is 1. The van der Waals surface area contributed by atoms with Crippen molar-refractivity contribution in [1.29, 1.82) is 0 Å². The SMILES string of the molecule is Cc1noc(C2CCCN(C(=O)C3CNC3)C2)n1. The van der Waals surface area contributed by atoms with E-state index in [4.69, 9.17) is 4.52 Å². The number of likely N-dealkylation sites (tertiary alicyclic amines) is 1. The van der Waals surface area contributed by atoms with Crippen LogP contribution in [0.4, 0.5) is 0 Å². The molecule has 1 aromatic rings. The van der Waals surface area contributed by atoms with Gasteiger partial charge in [0.25, 0.3) is 0 Å². The molecule has 6 nitrogen and oxygen atoms in total. The molecule has 0 saturated carbocycles. The molecule has 1 N–H and O–H groups in total. The number of hydrogen-bond acceptors (Lipinski definition) is 5.